The van der Waals surface area contributed by atoms with Gasteiger partial charge >= 0.3 is 11.9 Å². The monoisotopic (exact) mass is 434 g/mol. The Morgan fingerprint density at radius 1 is 0.594 bits per heavy atom. The van der Waals surface area contributed by atoms with Crippen molar-refractivity contribution >= 4 is 11.9 Å². The van der Waals surface area contributed by atoms with E-state index in [0.29, 0.717) is 49.1 Å². The first-order valence-corrected chi connectivity index (χ1v) is 10.5. The highest BCUT2D eigenvalue weighted by Gasteiger charge is 2.09. The van der Waals surface area contributed by atoms with Crippen LogP contribution in [0.15, 0.2) is 72.8 Å². The average molecular weight is 434 g/mol. The third kappa shape index (κ3) is 6.35. The Balaban J connectivity index is 1.58. The molecule has 0 bridgehead atoms. The minimum Gasteiger partial charge on any atom is -0.489 e. The molecule has 0 N–H and O–H groups in total. The van der Waals surface area contributed by atoms with Crippen LogP contribution in [0.2, 0.25) is 0 Å². The Morgan fingerprint density at radius 3 is 1.31 bits per heavy atom. The Labute approximate surface area is 187 Å². The quantitative estimate of drug-likeness (QED) is 0.409. The van der Waals surface area contributed by atoms with E-state index in [1.807, 2.05) is 24.3 Å². The summed E-state index contributed by atoms with van der Waals surface area (Å²) in [6.07, 6.45) is 0. The number of rotatable bonds is 10. The van der Waals surface area contributed by atoms with Gasteiger partial charge in [-0.05, 0) is 73.5 Å². The first-order valence-electron chi connectivity index (χ1n) is 10.5. The molecular weight excluding hydrogens is 408 g/mol. The Bertz CT molecular complexity index is 940. The second-order valence-electron chi connectivity index (χ2n) is 6.84. The summed E-state index contributed by atoms with van der Waals surface area (Å²) in [6, 6.07) is 21.6. The van der Waals surface area contributed by atoms with Crippen LogP contribution < -0.4 is 9.47 Å². The standard InChI is InChI=1S/C26H26O6/c1-3-29-25(27)19-9-13-23(14-10-19)31-17-21-7-5-6-8-22(21)18-32-24-15-11-20(12-16-24)26(28)30-4-2/h5-16H,3-4,17-18H2,1-2H3. The number of carbonyl (C=O) groups excluding carboxylic acids is 2. The van der Waals surface area contributed by atoms with Crippen molar-refractivity contribution in [1.29, 1.82) is 0 Å². The molecule has 0 aromatic heterocycles. The lowest BCUT2D eigenvalue weighted by atomic mass is 10.1. The highest BCUT2D eigenvalue weighted by atomic mass is 16.5. The minimum atomic E-state index is -0.350. The summed E-state index contributed by atoms with van der Waals surface area (Å²) in [6.45, 7) is 4.95. The maximum atomic E-state index is 11.8. The van der Waals surface area contributed by atoms with Crippen LogP contribution in [0, 0.1) is 0 Å². The predicted octanol–water partition coefficient (Wildman–Crippen LogP) is 5.20. The maximum absolute atomic E-state index is 11.8. The molecule has 3 aromatic carbocycles. The summed E-state index contributed by atoms with van der Waals surface area (Å²) < 4.78 is 21.7. The lowest BCUT2D eigenvalue weighted by Gasteiger charge is -2.13. The van der Waals surface area contributed by atoms with Gasteiger partial charge in [0.1, 0.15) is 24.7 Å². The molecule has 0 aliphatic rings. The van der Waals surface area contributed by atoms with Gasteiger partial charge in [-0.3, -0.25) is 0 Å². The molecule has 0 atom stereocenters. The van der Waals surface area contributed by atoms with Gasteiger partial charge in [-0.25, -0.2) is 9.59 Å². The van der Waals surface area contributed by atoms with E-state index in [1.54, 1.807) is 62.4 Å². The van der Waals surface area contributed by atoms with Gasteiger partial charge in [0, 0.05) is 0 Å². The molecule has 0 spiro atoms. The molecule has 3 rings (SSSR count). The Kier molecular flexibility index (Phi) is 8.26. The summed E-state index contributed by atoms with van der Waals surface area (Å²) in [5.74, 6) is 0.611. The average Bonchev–Trinajstić information content (AvgIpc) is 2.83. The van der Waals surface area contributed by atoms with Gasteiger partial charge in [0.15, 0.2) is 0 Å². The van der Waals surface area contributed by atoms with Crippen molar-refractivity contribution in [3.8, 4) is 11.5 Å². The molecule has 0 unspecified atom stereocenters. The zero-order chi connectivity index (χ0) is 22.8. The molecule has 0 aliphatic carbocycles. The van der Waals surface area contributed by atoms with E-state index in [4.69, 9.17) is 18.9 Å². The van der Waals surface area contributed by atoms with E-state index in [0.717, 1.165) is 11.1 Å². The molecular formula is C26H26O6. The highest BCUT2D eigenvalue weighted by Crippen LogP contribution is 2.19. The lowest BCUT2D eigenvalue weighted by Crippen LogP contribution is -2.06. The topological polar surface area (TPSA) is 71.1 Å². The van der Waals surface area contributed by atoms with Gasteiger partial charge in [-0.1, -0.05) is 24.3 Å². The molecule has 0 aliphatic heterocycles. The Hall–Kier alpha value is -3.80. The Morgan fingerprint density at radius 2 is 0.969 bits per heavy atom. The molecule has 0 saturated heterocycles. The SMILES string of the molecule is CCOC(=O)c1ccc(OCc2ccccc2COc2ccc(C(=O)OCC)cc2)cc1. The van der Waals surface area contributed by atoms with Crippen molar-refractivity contribution in [2.75, 3.05) is 13.2 Å². The third-order valence-electron chi connectivity index (χ3n) is 4.64. The smallest absolute Gasteiger partial charge is 0.338 e. The van der Waals surface area contributed by atoms with Crippen LogP contribution in [0.3, 0.4) is 0 Å². The largest absolute Gasteiger partial charge is 0.489 e. The van der Waals surface area contributed by atoms with Gasteiger partial charge in [0.25, 0.3) is 0 Å². The third-order valence-corrected chi connectivity index (χ3v) is 4.64. The molecule has 0 amide bonds. The van der Waals surface area contributed by atoms with E-state index in [-0.39, 0.29) is 11.9 Å². The van der Waals surface area contributed by atoms with Crippen LogP contribution in [0.25, 0.3) is 0 Å². The van der Waals surface area contributed by atoms with Gasteiger partial charge in [0.05, 0.1) is 24.3 Å². The van der Waals surface area contributed by atoms with Crippen molar-refractivity contribution in [2.45, 2.75) is 27.1 Å². The first kappa shape index (κ1) is 22.9. The van der Waals surface area contributed by atoms with Crippen LogP contribution in [-0.4, -0.2) is 25.2 Å². The van der Waals surface area contributed by atoms with Crippen LogP contribution in [0.4, 0.5) is 0 Å². The number of hydrogen-bond donors (Lipinski definition) is 0. The molecule has 0 fully saturated rings. The molecule has 6 heteroatoms. The van der Waals surface area contributed by atoms with E-state index in [9.17, 15) is 9.59 Å². The number of ether oxygens (including phenoxy) is 4. The number of carbonyl (C=O) groups is 2. The zero-order valence-electron chi connectivity index (χ0n) is 18.2. The van der Waals surface area contributed by atoms with E-state index < -0.39 is 0 Å². The highest BCUT2D eigenvalue weighted by molar-refractivity contribution is 5.89. The molecule has 0 heterocycles. The first-order chi connectivity index (χ1) is 15.6. The summed E-state index contributed by atoms with van der Waals surface area (Å²) in [5.41, 5.74) is 2.96. The van der Waals surface area contributed by atoms with E-state index in [2.05, 4.69) is 0 Å². The van der Waals surface area contributed by atoms with Crippen LogP contribution in [-0.2, 0) is 22.7 Å². The predicted molar refractivity (Wildman–Crippen MR) is 120 cm³/mol. The summed E-state index contributed by atoms with van der Waals surface area (Å²) in [7, 11) is 0. The normalized spacial score (nSPS) is 10.3. The summed E-state index contributed by atoms with van der Waals surface area (Å²) in [4.78, 5) is 23.5. The molecule has 0 saturated carbocycles. The van der Waals surface area contributed by atoms with Crippen LogP contribution in [0.5, 0.6) is 11.5 Å². The fourth-order valence-corrected chi connectivity index (χ4v) is 2.96. The van der Waals surface area contributed by atoms with Crippen molar-refractivity contribution in [2.24, 2.45) is 0 Å². The van der Waals surface area contributed by atoms with Crippen LogP contribution >= 0.6 is 0 Å². The van der Waals surface area contributed by atoms with Crippen molar-refractivity contribution in [3.05, 3.63) is 95.1 Å². The maximum Gasteiger partial charge on any atom is 0.338 e. The fourth-order valence-electron chi connectivity index (χ4n) is 2.96. The second-order valence-corrected chi connectivity index (χ2v) is 6.84. The summed E-state index contributed by atoms with van der Waals surface area (Å²) >= 11 is 0. The van der Waals surface area contributed by atoms with Crippen molar-refractivity contribution in [1.82, 2.24) is 0 Å². The van der Waals surface area contributed by atoms with Crippen molar-refractivity contribution in [3.63, 3.8) is 0 Å². The molecule has 0 radical (unpaired) electrons. The van der Waals surface area contributed by atoms with E-state index in [1.165, 1.54) is 0 Å². The molecule has 32 heavy (non-hydrogen) atoms. The second kappa shape index (κ2) is 11.6. The van der Waals surface area contributed by atoms with E-state index >= 15 is 0 Å². The zero-order valence-corrected chi connectivity index (χ0v) is 18.2. The molecule has 3 aromatic rings. The molecule has 6 nitrogen and oxygen atoms in total. The van der Waals surface area contributed by atoms with Crippen molar-refractivity contribution < 1.29 is 28.5 Å². The van der Waals surface area contributed by atoms with Gasteiger partial charge < -0.3 is 18.9 Å². The summed E-state index contributed by atoms with van der Waals surface area (Å²) in [5, 5.41) is 0. The number of esters is 2. The minimum absolute atomic E-state index is 0.339. The van der Waals surface area contributed by atoms with Gasteiger partial charge in [-0.2, -0.15) is 0 Å². The number of hydrogen-bond acceptors (Lipinski definition) is 6. The lowest BCUT2D eigenvalue weighted by molar-refractivity contribution is 0.0516. The van der Waals surface area contributed by atoms with Crippen LogP contribution in [0.1, 0.15) is 45.7 Å². The number of benzene rings is 3. The van der Waals surface area contributed by atoms with Gasteiger partial charge in [-0.15, -0.1) is 0 Å². The van der Waals surface area contributed by atoms with Gasteiger partial charge in [0.2, 0.25) is 0 Å². The molecule has 166 valence electrons. The fraction of sp³-hybridized carbons (Fsp3) is 0.231.